The summed E-state index contributed by atoms with van der Waals surface area (Å²) in [6.07, 6.45) is 10.9. The van der Waals surface area contributed by atoms with E-state index in [1.807, 2.05) is 6.08 Å². The van der Waals surface area contributed by atoms with Crippen molar-refractivity contribution in [3.63, 3.8) is 0 Å². The van der Waals surface area contributed by atoms with Crippen LogP contribution in [-0.4, -0.2) is 32.1 Å². The molecule has 0 bridgehead atoms. The summed E-state index contributed by atoms with van der Waals surface area (Å²) in [5.74, 6) is 2.66. The molecule has 1 aliphatic heterocycles. The van der Waals surface area contributed by atoms with E-state index >= 15 is 0 Å². The number of hydrogen-bond acceptors (Lipinski definition) is 3. The molecule has 6 unspecified atom stereocenters. The Labute approximate surface area is 199 Å². The van der Waals surface area contributed by atoms with Crippen LogP contribution < -0.4 is 4.90 Å². The first-order valence-electron chi connectivity index (χ1n) is 13.2. The SMILES string of the molecule is CC1CC2=CC(=O)CCC2=C2C(c3ccc(N(C)C)cc3)CC3(C)C(CCC34CCCO4)C21. The summed E-state index contributed by atoms with van der Waals surface area (Å²) in [7, 11) is 4.22. The molecule has 1 aromatic carbocycles. The second-order valence-electron chi connectivity index (χ2n) is 12.0. The normalized spacial score (nSPS) is 39.9. The van der Waals surface area contributed by atoms with Crippen molar-refractivity contribution in [3.8, 4) is 0 Å². The minimum atomic E-state index is 0.0774. The fourth-order valence-corrected chi connectivity index (χ4v) is 8.74. The largest absolute Gasteiger partial charge is 0.378 e. The lowest BCUT2D eigenvalue weighted by atomic mass is 9.49. The van der Waals surface area contributed by atoms with E-state index in [2.05, 4.69) is 57.1 Å². The van der Waals surface area contributed by atoms with Crippen molar-refractivity contribution in [1.82, 2.24) is 0 Å². The minimum absolute atomic E-state index is 0.0774. The van der Waals surface area contributed by atoms with E-state index in [1.54, 1.807) is 11.1 Å². The second kappa shape index (κ2) is 7.57. The van der Waals surface area contributed by atoms with Crippen molar-refractivity contribution in [2.45, 2.75) is 76.7 Å². The van der Waals surface area contributed by atoms with Crippen LogP contribution in [0.1, 0.15) is 76.7 Å². The molecule has 3 fully saturated rings. The highest BCUT2D eigenvalue weighted by molar-refractivity contribution is 5.93. The molecule has 6 rings (SSSR count). The predicted molar refractivity (Wildman–Crippen MR) is 133 cm³/mol. The van der Waals surface area contributed by atoms with Crippen LogP contribution in [0.3, 0.4) is 0 Å². The second-order valence-corrected chi connectivity index (χ2v) is 12.0. The van der Waals surface area contributed by atoms with Gasteiger partial charge in [0.1, 0.15) is 0 Å². The van der Waals surface area contributed by atoms with Gasteiger partial charge in [-0.3, -0.25) is 4.79 Å². The molecule has 0 N–H and O–H groups in total. The molecule has 33 heavy (non-hydrogen) atoms. The first-order valence-corrected chi connectivity index (χ1v) is 13.2. The molecule has 176 valence electrons. The Morgan fingerprint density at radius 2 is 1.88 bits per heavy atom. The molecule has 5 aliphatic rings. The number of ketones is 1. The lowest BCUT2D eigenvalue weighted by Gasteiger charge is -2.56. The van der Waals surface area contributed by atoms with Crippen molar-refractivity contribution in [2.75, 3.05) is 25.6 Å². The Kier molecular flexibility index (Phi) is 4.96. The monoisotopic (exact) mass is 445 g/mol. The van der Waals surface area contributed by atoms with Gasteiger partial charge in [-0.05, 0) is 97.6 Å². The molecule has 0 radical (unpaired) electrons. The zero-order chi connectivity index (χ0) is 23.0. The van der Waals surface area contributed by atoms with Gasteiger partial charge in [0.15, 0.2) is 5.78 Å². The molecule has 3 nitrogen and oxygen atoms in total. The summed E-state index contributed by atoms with van der Waals surface area (Å²) in [4.78, 5) is 14.5. The van der Waals surface area contributed by atoms with Gasteiger partial charge in [-0.2, -0.15) is 0 Å². The number of fused-ring (bicyclic) bond motifs is 5. The van der Waals surface area contributed by atoms with Crippen molar-refractivity contribution < 1.29 is 9.53 Å². The average molecular weight is 446 g/mol. The van der Waals surface area contributed by atoms with Gasteiger partial charge in [0.2, 0.25) is 0 Å². The van der Waals surface area contributed by atoms with Gasteiger partial charge in [-0.15, -0.1) is 0 Å². The molecule has 1 heterocycles. The maximum atomic E-state index is 12.3. The van der Waals surface area contributed by atoms with Crippen LogP contribution in [0.5, 0.6) is 0 Å². The Morgan fingerprint density at radius 1 is 1.09 bits per heavy atom. The highest BCUT2D eigenvalue weighted by Crippen LogP contribution is 2.70. The summed E-state index contributed by atoms with van der Waals surface area (Å²) < 4.78 is 6.67. The molecule has 1 spiro atoms. The highest BCUT2D eigenvalue weighted by Gasteiger charge is 2.65. The summed E-state index contributed by atoms with van der Waals surface area (Å²) >= 11 is 0. The number of allylic oxidation sites excluding steroid dienone is 4. The van der Waals surface area contributed by atoms with Gasteiger partial charge in [-0.25, -0.2) is 0 Å². The number of carbonyl (C=O) groups excluding carboxylic acids is 1. The van der Waals surface area contributed by atoms with Crippen molar-refractivity contribution in [3.05, 3.63) is 52.6 Å². The number of carbonyl (C=O) groups is 1. The first kappa shape index (κ1) is 21.6. The van der Waals surface area contributed by atoms with Crippen LogP contribution in [0, 0.1) is 23.2 Å². The van der Waals surface area contributed by atoms with Crippen LogP contribution in [0.15, 0.2) is 47.1 Å². The van der Waals surface area contributed by atoms with Gasteiger partial charge in [-0.1, -0.05) is 31.6 Å². The summed E-state index contributed by atoms with van der Waals surface area (Å²) in [5, 5.41) is 0. The van der Waals surface area contributed by atoms with Crippen LogP contribution in [-0.2, 0) is 9.53 Å². The fraction of sp³-hybridized carbons (Fsp3) is 0.633. The van der Waals surface area contributed by atoms with Crippen LogP contribution in [0.2, 0.25) is 0 Å². The third-order valence-corrected chi connectivity index (χ3v) is 10.3. The van der Waals surface area contributed by atoms with E-state index in [9.17, 15) is 4.79 Å². The Hall–Kier alpha value is -1.87. The number of benzene rings is 1. The molecule has 6 atom stereocenters. The maximum Gasteiger partial charge on any atom is 0.156 e. The molecule has 0 amide bonds. The number of rotatable bonds is 2. The van der Waals surface area contributed by atoms with Crippen LogP contribution in [0.4, 0.5) is 5.69 Å². The number of hydrogen-bond donors (Lipinski definition) is 0. The van der Waals surface area contributed by atoms with E-state index < -0.39 is 0 Å². The molecular weight excluding hydrogens is 406 g/mol. The number of nitrogens with zero attached hydrogens (tertiary/aromatic N) is 1. The Bertz CT molecular complexity index is 1030. The maximum absolute atomic E-state index is 12.3. The number of ether oxygens (including phenoxy) is 1. The molecule has 2 saturated carbocycles. The van der Waals surface area contributed by atoms with Crippen molar-refractivity contribution in [2.24, 2.45) is 23.2 Å². The van der Waals surface area contributed by atoms with Crippen LogP contribution >= 0.6 is 0 Å². The number of anilines is 1. The van der Waals surface area contributed by atoms with E-state index in [1.165, 1.54) is 48.9 Å². The van der Waals surface area contributed by atoms with Gasteiger partial charge in [0.25, 0.3) is 0 Å². The third kappa shape index (κ3) is 3.07. The average Bonchev–Trinajstić information content (AvgIpc) is 3.39. The summed E-state index contributed by atoms with van der Waals surface area (Å²) in [6, 6.07) is 9.33. The van der Waals surface area contributed by atoms with Crippen molar-refractivity contribution in [1.29, 1.82) is 0 Å². The smallest absolute Gasteiger partial charge is 0.156 e. The van der Waals surface area contributed by atoms with E-state index in [4.69, 9.17) is 4.74 Å². The van der Waals surface area contributed by atoms with Gasteiger partial charge in [0.05, 0.1) is 5.60 Å². The fourth-order valence-electron chi connectivity index (χ4n) is 8.74. The van der Waals surface area contributed by atoms with Crippen molar-refractivity contribution >= 4 is 11.5 Å². The summed E-state index contributed by atoms with van der Waals surface area (Å²) in [5.41, 5.74) is 7.62. The predicted octanol–water partition coefficient (Wildman–Crippen LogP) is 6.45. The lowest BCUT2D eigenvalue weighted by molar-refractivity contribution is -0.115. The van der Waals surface area contributed by atoms with E-state index in [-0.39, 0.29) is 11.0 Å². The molecule has 1 saturated heterocycles. The Morgan fingerprint density at radius 3 is 2.58 bits per heavy atom. The molecule has 0 aromatic heterocycles. The first-order chi connectivity index (χ1) is 15.8. The standard InChI is InChI=1S/C30H39NO2/c1-19-16-21-17-23(32)10-11-24(21)28-25(20-6-8-22(9-7-20)31(3)4)18-29(2)26(27(19)28)12-14-30(29)13-5-15-33-30/h6-9,17,19,25-27H,5,10-16,18H2,1-4H3. The molecule has 3 heteroatoms. The van der Waals surface area contributed by atoms with Crippen LogP contribution in [0.25, 0.3) is 0 Å². The van der Waals surface area contributed by atoms with E-state index in [0.29, 0.717) is 35.9 Å². The van der Waals surface area contributed by atoms with Gasteiger partial charge in [0, 0.05) is 44.1 Å². The van der Waals surface area contributed by atoms with Gasteiger partial charge < -0.3 is 9.64 Å². The molecule has 1 aromatic rings. The topological polar surface area (TPSA) is 29.5 Å². The highest BCUT2D eigenvalue weighted by atomic mass is 16.5. The quantitative estimate of drug-likeness (QED) is 0.524. The lowest BCUT2D eigenvalue weighted by Crippen LogP contribution is -2.52. The van der Waals surface area contributed by atoms with E-state index in [0.717, 1.165) is 19.4 Å². The zero-order valence-corrected chi connectivity index (χ0v) is 20.8. The molecule has 4 aliphatic carbocycles. The minimum Gasteiger partial charge on any atom is -0.378 e. The van der Waals surface area contributed by atoms with Gasteiger partial charge >= 0.3 is 0 Å². The summed E-state index contributed by atoms with van der Waals surface area (Å²) in [6.45, 7) is 5.98. The third-order valence-electron chi connectivity index (χ3n) is 10.3. The zero-order valence-electron chi connectivity index (χ0n) is 20.8. The molecular formula is C30H39NO2. The Balaban J connectivity index is 1.52.